The van der Waals surface area contributed by atoms with E-state index in [1.54, 1.807) is 62.3 Å². The molecule has 0 heterocycles. The van der Waals surface area contributed by atoms with Gasteiger partial charge in [0.1, 0.15) is 26.4 Å². The standard InChI is InChI=1S/C12H22O4.C8H10O4.C8H8.C5H10O2.C4H6O.C2H6O2.CH4.7HI.3V/c1-11(2,3)9(13)15-7-8-16-10(14)12(4,5)6;1-3-7(9)11-5-6-12-8(10)4-2;1-2-8-6-4-3-5-7-8;1-5(2,3)4(6)7;1-3-4(2)5;3-1-2-4;;;;;;;;;;;/h7-8H2,1-6H3;3-4H,1-2,5-6H2;2-7H,1H2;1-3H3,(H,6,7);3H,1H2,2H3;3-4H,1-2H2;1H4;7*1H;;;/q;;;;;;;;;;;;;;2*+2;+3/p-7. The Labute approximate surface area is 473 Å². The molecular formula is C40H66I7O13V3. The normalized spacial score (nSPS) is 9.02. The maximum absolute atomic E-state index is 11.3. The van der Waals surface area contributed by atoms with Gasteiger partial charge in [0.25, 0.3) is 0 Å². The summed E-state index contributed by atoms with van der Waals surface area (Å²) in [5.41, 5.74) is -0.449. The minimum absolute atomic E-state index is 0. The van der Waals surface area contributed by atoms with E-state index in [4.69, 9.17) is 24.8 Å². The van der Waals surface area contributed by atoms with Crippen LogP contribution in [0.4, 0.5) is 0 Å². The van der Waals surface area contributed by atoms with Crippen LogP contribution in [0.2, 0.25) is 0 Å². The van der Waals surface area contributed by atoms with Gasteiger partial charge in [0.15, 0.2) is 5.78 Å². The summed E-state index contributed by atoms with van der Waals surface area (Å²) in [7, 11) is 1.25. The number of carbonyl (C=O) groups excluding carboxylic acids is 5. The van der Waals surface area contributed by atoms with Crippen LogP contribution < -0.4 is 0 Å². The number of aliphatic hydroxyl groups is 2. The number of hydrogen-bond acceptors (Lipinski definition) is 12. The second-order valence-electron chi connectivity index (χ2n) is 13.3. The van der Waals surface area contributed by atoms with Crippen molar-refractivity contribution >= 4 is 182 Å². The van der Waals surface area contributed by atoms with Crippen molar-refractivity contribution < 1.29 is 86.9 Å². The third-order valence-electron chi connectivity index (χ3n) is 4.74. The Bertz CT molecular complexity index is 1270. The molecule has 1 rings (SSSR count). The number of ether oxygens (including phenoxy) is 4. The van der Waals surface area contributed by atoms with Crippen LogP contribution in [0.3, 0.4) is 0 Å². The summed E-state index contributed by atoms with van der Waals surface area (Å²) in [6, 6.07) is 10.0. The molecule has 0 saturated heterocycles. The number of aliphatic carboxylic acids is 1. The summed E-state index contributed by atoms with van der Waals surface area (Å²) in [4.78, 5) is 63.0. The molecule has 63 heavy (non-hydrogen) atoms. The summed E-state index contributed by atoms with van der Waals surface area (Å²) >= 11 is 16.9. The minimum atomic E-state index is -0.757. The molecule has 0 aliphatic carbocycles. The van der Waals surface area contributed by atoms with Crippen molar-refractivity contribution in [1.82, 2.24) is 0 Å². The first-order valence-corrected chi connectivity index (χ1v) is 48.7. The second kappa shape index (κ2) is 60.1. The molecule has 0 unspecified atom stereocenters. The van der Waals surface area contributed by atoms with Crippen LogP contribution in [-0.2, 0) is 71.6 Å². The monoisotopic (exact) mass is 1800 g/mol. The van der Waals surface area contributed by atoms with Gasteiger partial charge in [-0.3, -0.25) is 19.2 Å². The van der Waals surface area contributed by atoms with Crippen molar-refractivity contribution in [2.24, 2.45) is 16.2 Å². The Hall–Kier alpha value is 1.98. The Morgan fingerprint density at radius 1 is 0.603 bits per heavy atom. The maximum atomic E-state index is 11.3. The Balaban J connectivity index is -0.0000000791. The Morgan fingerprint density at radius 2 is 0.841 bits per heavy atom. The zero-order valence-electron chi connectivity index (χ0n) is 36.7. The molecule has 1 aromatic rings. The Kier molecular flexibility index (Phi) is 81.0. The van der Waals surface area contributed by atoms with Gasteiger partial charge >= 0.3 is 194 Å². The molecule has 0 aliphatic rings. The molecule has 0 atom stereocenters. The molecule has 0 radical (unpaired) electrons. The molecule has 0 fully saturated rings. The van der Waals surface area contributed by atoms with Crippen molar-refractivity contribution in [3.63, 3.8) is 0 Å². The van der Waals surface area contributed by atoms with Crippen molar-refractivity contribution in [2.75, 3.05) is 39.6 Å². The van der Waals surface area contributed by atoms with Gasteiger partial charge in [-0.25, -0.2) is 9.59 Å². The molecule has 368 valence electrons. The van der Waals surface area contributed by atoms with Crippen LogP contribution in [0, 0.1) is 16.2 Å². The van der Waals surface area contributed by atoms with E-state index < -0.39 is 34.2 Å². The molecule has 0 aliphatic heterocycles. The van der Waals surface area contributed by atoms with Crippen LogP contribution in [0.5, 0.6) is 0 Å². The summed E-state index contributed by atoms with van der Waals surface area (Å²) < 4.78 is 18.9. The number of rotatable bonds is 11. The average Bonchev–Trinajstić information content (AvgIpc) is 3.18. The van der Waals surface area contributed by atoms with E-state index >= 15 is 0 Å². The fraction of sp³-hybridized carbons (Fsp3) is 0.500. The third kappa shape index (κ3) is 94.6. The second-order valence-corrected chi connectivity index (χ2v) is 72.2. The molecule has 13 nitrogen and oxygen atoms in total. The molecule has 3 N–H and O–H groups in total. The van der Waals surface area contributed by atoms with E-state index in [9.17, 15) is 28.8 Å². The van der Waals surface area contributed by atoms with Gasteiger partial charge in [0.2, 0.25) is 0 Å². The fourth-order valence-electron chi connectivity index (χ4n) is 1.69. The van der Waals surface area contributed by atoms with Gasteiger partial charge in [-0.1, -0.05) is 70.2 Å². The van der Waals surface area contributed by atoms with Gasteiger partial charge in [0, 0.05) is 12.2 Å². The number of benzene rings is 1. The van der Waals surface area contributed by atoms with E-state index in [-0.39, 0.29) is 69.7 Å². The molecule has 23 heteroatoms. The van der Waals surface area contributed by atoms with Crippen molar-refractivity contribution in [3.8, 4) is 0 Å². The molecule has 1 aromatic carbocycles. The first-order chi connectivity index (χ1) is 28.4. The molecule has 0 amide bonds. The number of halogens is 7. The number of carboxylic acids is 1. The number of allylic oxidation sites excluding steroid dienone is 1. The number of ketones is 1. The van der Waals surface area contributed by atoms with Crippen LogP contribution in [-0.4, -0.2) is 90.6 Å². The van der Waals surface area contributed by atoms with Crippen LogP contribution >= 0.6 is 140 Å². The first-order valence-electron chi connectivity index (χ1n) is 17.2. The molecule has 0 spiro atoms. The van der Waals surface area contributed by atoms with Crippen LogP contribution in [0.25, 0.3) is 6.08 Å². The molecular weight excluding hydrogens is 1730 g/mol. The fourth-order valence-corrected chi connectivity index (χ4v) is 1.69. The van der Waals surface area contributed by atoms with Crippen molar-refractivity contribution in [1.29, 1.82) is 0 Å². The number of hydrogen-bond donors (Lipinski definition) is 3. The van der Waals surface area contributed by atoms with Crippen molar-refractivity contribution in [2.45, 2.75) is 76.7 Å². The first kappa shape index (κ1) is 84.9. The van der Waals surface area contributed by atoms with Gasteiger partial charge in [-0.2, -0.15) is 0 Å². The zero-order chi connectivity index (χ0) is 51.0. The predicted octanol–water partition coefficient (Wildman–Crippen LogP) is 12.6. The van der Waals surface area contributed by atoms with E-state index in [1.807, 2.05) is 36.4 Å². The van der Waals surface area contributed by atoms with Gasteiger partial charge in [0.05, 0.1) is 29.5 Å². The van der Waals surface area contributed by atoms with E-state index in [0.29, 0.717) is 18.9 Å². The van der Waals surface area contributed by atoms with Gasteiger partial charge in [-0.05, 0) is 80.9 Å². The number of carbonyl (C=O) groups is 6. The predicted molar refractivity (Wildman–Crippen MR) is 307 cm³/mol. The number of carboxylic acid groups (broad SMARTS) is 1. The van der Waals surface area contributed by atoms with E-state index in [1.165, 1.54) is 18.6 Å². The summed E-state index contributed by atoms with van der Waals surface area (Å²) in [5.74, 6) is -2.40. The third-order valence-corrected chi connectivity index (χ3v) is 4.74. The molecule has 0 bridgehead atoms. The summed E-state index contributed by atoms with van der Waals surface area (Å²) in [6.07, 6.45) is 5.19. The quantitative estimate of drug-likeness (QED) is 0.0622. The van der Waals surface area contributed by atoms with Gasteiger partial charge < -0.3 is 34.3 Å². The summed E-state index contributed by atoms with van der Waals surface area (Å²) in [5, 5.41) is 23.5. The topological polar surface area (TPSA) is 200 Å². The molecule has 0 saturated carbocycles. The molecule has 0 aromatic heterocycles. The van der Waals surface area contributed by atoms with E-state index in [0.717, 1.165) is 12.2 Å². The van der Waals surface area contributed by atoms with Crippen LogP contribution in [0.1, 0.15) is 82.2 Å². The number of esters is 4. The van der Waals surface area contributed by atoms with Crippen LogP contribution in [0.15, 0.2) is 74.9 Å². The number of aliphatic hydroxyl groups excluding tert-OH is 2. The van der Waals surface area contributed by atoms with Gasteiger partial charge in [-0.15, -0.1) is 0 Å². The Morgan fingerprint density at radius 3 is 0.984 bits per heavy atom. The van der Waals surface area contributed by atoms with E-state index in [2.05, 4.69) is 176 Å². The average molecular weight is 1800 g/mol. The van der Waals surface area contributed by atoms with Crippen molar-refractivity contribution in [3.05, 3.63) is 80.4 Å². The summed E-state index contributed by atoms with van der Waals surface area (Å²) in [6.45, 7) is 30.4. The SMILES string of the molecule is C.C=CC(=O)OCCOC(=O)C=C.C=CC(C)=O.C=Cc1ccccc1.CC(C)(C)C(=O)O.CC(C)(C)C(=O)OCCOC(=O)C(C)(C)C.OCCO.[I][V]([I])[I].[I][V][I].[I][V][I]. The zero-order valence-corrected chi connectivity index (χ0v) is 56.0.